The van der Waals surface area contributed by atoms with E-state index >= 15 is 0 Å². The average Bonchev–Trinajstić information content (AvgIpc) is 2.64. The van der Waals surface area contributed by atoms with Gasteiger partial charge in [-0.15, -0.1) is 0 Å². The van der Waals surface area contributed by atoms with Crippen LogP contribution in [0.2, 0.25) is 0 Å². The molecule has 0 aliphatic carbocycles. The van der Waals surface area contributed by atoms with Crippen molar-refractivity contribution >= 4 is 5.97 Å². The minimum atomic E-state index is -0.700. The van der Waals surface area contributed by atoms with Gasteiger partial charge in [-0.3, -0.25) is 9.69 Å². The third kappa shape index (κ3) is 5.97. The van der Waals surface area contributed by atoms with Gasteiger partial charge in [0.1, 0.15) is 0 Å². The highest BCUT2D eigenvalue weighted by molar-refractivity contribution is 5.67. The van der Waals surface area contributed by atoms with Gasteiger partial charge in [-0.2, -0.15) is 0 Å². The van der Waals surface area contributed by atoms with Crippen molar-refractivity contribution in [2.75, 3.05) is 32.7 Å². The molecule has 1 aliphatic heterocycles. The smallest absolute Gasteiger partial charge is 0.303 e. The van der Waals surface area contributed by atoms with Gasteiger partial charge in [0.15, 0.2) is 0 Å². The lowest BCUT2D eigenvalue weighted by Gasteiger charge is -2.36. The fourth-order valence-electron chi connectivity index (χ4n) is 3.73. The monoisotopic (exact) mass is 352 g/mol. The maximum atomic E-state index is 11.3. The minimum absolute atomic E-state index is 0.163. The van der Waals surface area contributed by atoms with Crippen LogP contribution in [0.3, 0.4) is 0 Å². The topological polar surface area (TPSA) is 43.8 Å². The van der Waals surface area contributed by atoms with E-state index < -0.39 is 5.97 Å². The van der Waals surface area contributed by atoms with Crippen LogP contribution in [-0.2, 0) is 17.8 Å². The number of carboxylic acid groups (broad SMARTS) is 1. The summed E-state index contributed by atoms with van der Waals surface area (Å²) in [5.41, 5.74) is 2.58. The summed E-state index contributed by atoms with van der Waals surface area (Å²) in [6.07, 6.45) is 1.07. The molecule has 0 amide bonds. The summed E-state index contributed by atoms with van der Waals surface area (Å²) < 4.78 is 0. The Morgan fingerprint density at radius 1 is 0.846 bits per heavy atom. The van der Waals surface area contributed by atoms with E-state index in [0.29, 0.717) is 0 Å². The van der Waals surface area contributed by atoms with Crippen LogP contribution in [0.5, 0.6) is 0 Å². The zero-order chi connectivity index (χ0) is 18.2. The van der Waals surface area contributed by atoms with Crippen LogP contribution in [0.15, 0.2) is 60.7 Å². The quantitative estimate of drug-likeness (QED) is 0.793. The summed E-state index contributed by atoms with van der Waals surface area (Å²) in [5.74, 6) is -0.538. The molecule has 0 saturated carbocycles. The summed E-state index contributed by atoms with van der Waals surface area (Å²) in [4.78, 5) is 16.2. The molecule has 26 heavy (non-hydrogen) atoms. The zero-order valence-electron chi connectivity index (χ0n) is 15.3. The van der Waals surface area contributed by atoms with Crippen molar-refractivity contribution in [2.45, 2.75) is 19.4 Å². The van der Waals surface area contributed by atoms with Crippen molar-refractivity contribution in [1.82, 2.24) is 9.80 Å². The van der Waals surface area contributed by atoms with Crippen LogP contribution in [-0.4, -0.2) is 53.6 Å². The molecular weight excluding hydrogens is 324 g/mol. The summed E-state index contributed by atoms with van der Waals surface area (Å²) in [6, 6.07) is 20.8. The average molecular weight is 352 g/mol. The molecular formula is C22H28N2O2. The van der Waals surface area contributed by atoms with Gasteiger partial charge in [0.25, 0.3) is 0 Å². The molecule has 2 aromatic rings. The van der Waals surface area contributed by atoms with E-state index in [4.69, 9.17) is 0 Å². The highest BCUT2D eigenvalue weighted by Gasteiger charge is 2.22. The van der Waals surface area contributed by atoms with Gasteiger partial charge in [-0.05, 0) is 23.5 Å². The van der Waals surface area contributed by atoms with Gasteiger partial charge in [-0.1, -0.05) is 60.7 Å². The third-order valence-corrected chi connectivity index (χ3v) is 5.06. The normalized spacial score (nSPS) is 17.1. The van der Waals surface area contributed by atoms with E-state index in [1.54, 1.807) is 0 Å². The Morgan fingerprint density at radius 2 is 1.38 bits per heavy atom. The highest BCUT2D eigenvalue weighted by Crippen LogP contribution is 2.16. The molecule has 1 aliphatic rings. The summed E-state index contributed by atoms with van der Waals surface area (Å²) >= 11 is 0. The molecule has 1 atom stereocenters. The lowest BCUT2D eigenvalue weighted by Crippen LogP contribution is -2.47. The van der Waals surface area contributed by atoms with E-state index in [1.165, 1.54) is 11.1 Å². The SMILES string of the molecule is O=C(O)CC(Cc1ccccc1)CN1CCN(Cc2ccccc2)CC1. The van der Waals surface area contributed by atoms with Crippen LogP contribution < -0.4 is 0 Å². The van der Waals surface area contributed by atoms with Crippen molar-refractivity contribution in [3.8, 4) is 0 Å². The predicted molar refractivity (Wildman–Crippen MR) is 104 cm³/mol. The first-order chi connectivity index (χ1) is 12.7. The lowest BCUT2D eigenvalue weighted by atomic mass is 9.95. The maximum absolute atomic E-state index is 11.3. The van der Waals surface area contributed by atoms with Crippen molar-refractivity contribution in [1.29, 1.82) is 0 Å². The molecule has 1 heterocycles. The third-order valence-electron chi connectivity index (χ3n) is 5.06. The Balaban J connectivity index is 1.49. The van der Waals surface area contributed by atoms with Gasteiger partial charge in [0, 0.05) is 45.7 Å². The molecule has 0 bridgehead atoms. The lowest BCUT2D eigenvalue weighted by molar-refractivity contribution is -0.138. The molecule has 1 unspecified atom stereocenters. The maximum Gasteiger partial charge on any atom is 0.303 e. The molecule has 4 heteroatoms. The Morgan fingerprint density at radius 3 is 1.96 bits per heavy atom. The minimum Gasteiger partial charge on any atom is -0.481 e. The fourth-order valence-corrected chi connectivity index (χ4v) is 3.73. The van der Waals surface area contributed by atoms with E-state index in [1.807, 2.05) is 18.2 Å². The Labute approximate surface area is 156 Å². The largest absolute Gasteiger partial charge is 0.481 e. The first kappa shape index (κ1) is 18.6. The molecule has 1 saturated heterocycles. The number of piperazine rings is 1. The van der Waals surface area contributed by atoms with Gasteiger partial charge in [0.2, 0.25) is 0 Å². The van der Waals surface area contributed by atoms with Crippen LogP contribution in [0.25, 0.3) is 0 Å². The van der Waals surface area contributed by atoms with Gasteiger partial charge >= 0.3 is 5.97 Å². The van der Waals surface area contributed by atoms with E-state index in [-0.39, 0.29) is 12.3 Å². The van der Waals surface area contributed by atoms with Crippen LogP contribution in [0, 0.1) is 5.92 Å². The fraction of sp³-hybridized carbons (Fsp3) is 0.409. The first-order valence-corrected chi connectivity index (χ1v) is 9.43. The molecule has 0 aromatic heterocycles. The van der Waals surface area contributed by atoms with Crippen molar-refractivity contribution < 1.29 is 9.90 Å². The van der Waals surface area contributed by atoms with E-state index in [9.17, 15) is 9.90 Å². The number of carbonyl (C=O) groups is 1. The number of benzene rings is 2. The van der Waals surface area contributed by atoms with E-state index in [0.717, 1.165) is 45.7 Å². The number of hydrogen-bond acceptors (Lipinski definition) is 3. The van der Waals surface area contributed by atoms with Crippen molar-refractivity contribution in [2.24, 2.45) is 5.92 Å². The number of nitrogens with zero attached hydrogens (tertiary/aromatic N) is 2. The van der Waals surface area contributed by atoms with E-state index in [2.05, 4.69) is 52.3 Å². The van der Waals surface area contributed by atoms with Gasteiger partial charge in [0.05, 0.1) is 0 Å². The highest BCUT2D eigenvalue weighted by atomic mass is 16.4. The summed E-state index contributed by atoms with van der Waals surface area (Å²) in [5, 5.41) is 9.27. The first-order valence-electron chi connectivity index (χ1n) is 9.43. The number of carboxylic acids is 1. The van der Waals surface area contributed by atoms with Crippen molar-refractivity contribution in [3.63, 3.8) is 0 Å². The molecule has 1 N–H and O–H groups in total. The predicted octanol–water partition coefficient (Wildman–Crippen LogP) is 3.14. The van der Waals surface area contributed by atoms with Gasteiger partial charge in [-0.25, -0.2) is 0 Å². The second-order valence-corrected chi connectivity index (χ2v) is 7.22. The molecule has 4 nitrogen and oxygen atoms in total. The second kappa shape index (κ2) is 9.51. The number of rotatable bonds is 8. The Kier molecular flexibility index (Phi) is 6.81. The zero-order valence-corrected chi connectivity index (χ0v) is 15.3. The standard InChI is InChI=1S/C22H28N2O2/c25-22(26)16-21(15-19-7-3-1-4-8-19)18-24-13-11-23(12-14-24)17-20-9-5-2-6-10-20/h1-10,21H,11-18H2,(H,25,26). The van der Waals surface area contributed by atoms with Crippen LogP contribution in [0.1, 0.15) is 17.5 Å². The summed E-state index contributed by atoms with van der Waals surface area (Å²) in [6.45, 7) is 5.97. The second-order valence-electron chi connectivity index (χ2n) is 7.22. The Bertz CT molecular complexity index is 667. The molecule has 138 valence electrons. The van der Waals surface area contributed by atoms with Gasteiger partial charge < -0.3 is 10.0 Å². The summed E-state index contributed by atoms with van der Waals surface area (Å²) in [7, 11) is 0. The molecule has 3 rings (SSSR count). The van der Waals surface area contributed by atoms with Crippen molar-refractivity contribution in [3.05, 3.63) is 71.8 Å². The van der Waals surface area contributed by atoms with Crippen LogP contribution in [0.4, 0.5) is 0 Å². The Hall–Kier alpha value is -2.17. The molecule has 0 radical (unpaired) electrons. The van der Waals surface area contributed by atoms with Crippen LogP contribution >= 0.6 is 0 Å². The molecule has 1 fully saturated rings. The molecule has 2 aromatic carbocycles. The number of aliphatic carboxylic acids is 1. The number of hydrogen-bond donors (Lipinski definition) is 1. The molecule has 0 spiro atoms.